The predicted octanol–water partition coefficient (Wildman–Crippen LogP) is 0.371. The third-order valence-corrected chi connectivity index (χ3v) is 1.36. The molecule has 14 heavy (non-hydrogen) atoms. The monoisotopic (exact) mass is 196 g/mol. The second-order valence-electron chi connectivity index (χ2n) is 2.58. The van der Waals surface area contributed by atoms with E-state index >= 15 is 0 Å². The van der Waals surface area contributed by atoms with Gasteiger partial charge in [0.05, 0.1) is 0 Å². The Balaban J connectivity index is 3.47. The molecule has 0 saturated heterocycles. The van der Waals surface area contributed by atoms with Crippen molar-refractivity contribution in [2.45, 2.75) is 13.8 Å². The van der Waals surface area contributed by atoms with Crippen LogP contribution in [0.2, 0.25) is 0 Å². The minimum absolute atomic E-state index is 0.146. The van der Waals surface area contributed by atoms with Crippen molar-refractivity contribution >= 4 is 11.8 Å². The lowest BCUT2D eigenvalue weighted by molar-refractivity contribution is -0.118. The lowest BCUT2D eigenvalue weighted by atomic mass is 10.4. The first kappa shape index (κ1) is 12.4. The zero-order chi connectivity index (χ0) is 10.8. The fourth-order valence-electron chi connectivity index (χ4n) is 0.792. The van der Waals surface area contributed by atoms with Gasteiger partial charge in [0.15, 0.2) is 0 Å². The number of hydrogen-bond donors (Lipinski definition) is 2. The summed E-state index contributed by atoms with van der Waals surface area (Å²) in [6.45, 7) is 4.42. The molecule has 0 spiro atoms. The molecule has 0 aliphatic rings. The molecule has 0 heterocycles. The fraction of sp³-hybridized carbons (Fsp3) is 0.400. The second kappa shape index (κ2) is 8.04. The maximum atomic E-state index is 10.9. The topological polar surface area (TPSA) is 58.2 Å². The fourth-order valence-corrected chi connectivity index (χ4v) is 0.792. The van der Waals surface area contributed by atoms with Gasteiger partial charge in [-0.2, -0.15) is 0 Å². The first-order chi connectivity index (χ1) is 6.70. The number of hydrogen-bond acceptors (Lipinski definition) is 2. The molecular formula is C10H16N2O2. The first-order valence-corrected chi connectivity index (χ1v) is 4.51. The van der Waals surface area contributed by atoms with Gasteiger partial charge < -0.3 is 10.6 Å². The van der Waals surface area contributed by atoms with E-state index < -0.39 is 0 Å². The van der Waals surface area contributed by atoms with Gasteiger partial charge >= 0.3 is 0 Å². The van der Waals surface area contributed by atoms with Crippen LogP contribution >= 0.6 is 0 Å². The molecule has 2 N–H and O–H groups in total. The van der Waals surface area contributed by atoms with Crippen molar-refractivity contribution in [1.82, 2.24) is 10.6 Å². The van der Waals surface area contributed by atoms with Crippen molar-refractivity contribution < 1.29 is 9.59 Å². The summed E-state index contributed by atoms with van der Waals surface area (Å²) in [6.07, 6.45) is 6.20. The van der Waals surface area contributed by atoms with Crippen LogP contribution in [0.5, 0.6) is 0 Å². The van der Waals surface area contributed by atoms with Crippen molar-refractivity contribution in [3.8, 4) is 0 Å². The highest BCUT2D eigenvalue weighted by molar-refractivity contribution is 5.88. The van der Waals surface area contributed by atoms with Crippen molar-refractivity contribution in [3.05, 3.63) is 24.3 Å². The van der Waals surface area contributed by atoms with Gasteiger partial charge in [0, 0.05) is 13.1 Å². The Labute approximate surface area is 84.1 Å². The number of nitrogens with one attached hydrogen (secondary N) is 2. The van der Waals surface area contributed by atoms with E-state index in [4.69, 9.17) is 0 Å². The SMILES string of the molecule is CC=CC(=O)NCCNC(=O)C=CC. The molecule has 4 nitrogen and oxygen atoms in total. The van der Waals surface area contributed by atoms with Crippen molar-refractivity contribution in [2.75, 3.05) is 13.1 Å². The summed E-state index contributed by atoms with van der Waals surface area (Å²) in [4.78, 5) is 21.8. The molecule has 0 aromatic heterocycles. The zero-order valence-corrected chi connectivity index (χ0v) is 8.54. The van der Waals surface area contributed by atoms with Crippen LogP contribution in [0.25, 0.3) is 0 Å². The maximum Gasteiger partial charge on any atom is 0.243 e. The average Bonchev–Trinajstić information content (AvgIpc) is 2.13. The zero-order valence-electron chi connectivity index (χ0n) is 8.54. The number of rotatable bonds is 5. The molecule has 2 amide bonds. The van der Waals surface area contributed by atoms with Crippen LogP contribution in [-0.4, -0.2) is 24.9 Å². The van der Waals surface area contributed by atoms with Crippen molar-refractivity contribution in [2.24, 2.45) is 0 Å². The molecule has 0 saturated carbocycles. The van der Waals surface area contributed by atoms with E-state index in [2.05, 4.69) is 10.6 Å². The highest BCUT2D eigenvalue weighted by atomic mass is 16.2. The molecule has 0 aromatic rings. The highest BCUT2D eigenvalue weighted by Gasteiger charge is 1.95. The largest absolute Gasteiger partial charge is 0.351 e. The van der Waals surface area contributed by atoms with Gasteiger partial charge in [-0.25, -0.2) is 0 Å². The average molecular weight is 196 g/mol. The highest BCUT2D eigenvalue weighted by Crippen LogP contribution is 1.73. The molecular weight excluding hydrogens is 180 g/mol. The second-order valence-corrected chi connectivity index (χ2v) is 2.58. The molecule has 0 aliphatic heterocycles. The molecule has 0 unspecified atom stereocenters. The Morgan fingerprint density at radius 1 is 0.929 bits per heavy atom. The third kappa shape index (κ3) is 7.09. The Morgan fingerprint density at radius 3 is 1.57 bits per heavy atom. The number of allylic oxidation sites excluding steroid dienone is 2. The van der Waals surface area contributed by atoms with Crippen LogP contribution in [0, 0.1) is 0 Å². The minimum Gasteiger partial charge on any atom is -0.351 e. The summed E-state index contributed by atoms with van der Waals surface area (Å²) in [6, 6.07) is 0. The van der Waals surface area contributed by atoms with E-state index in [1.807, 2.05) is 0 Å². The Kier molecular flexibility index (Phi) is 7.13. The Hall–Kier alpha value is -1.58. The molecule has 0 aromatic carbocycles. The van der Waals surface area contributed by atoms with Gasteiger partial charge in [-0.15, -0.1) is 0 Å². The van der Waals surface area contributed by atoms with Crippen LogP contribution in [0.15, 0.2) is 24.3 Å². The summed E-state index contributed by atoms with van der Waals surface area (Å²) in [5.41, 5.74) is 0. The van der Waals surface area contributed by atoms with E-state index in [9.17, 15) is 9.59 Å². The maximum absolute atomic E-state index is 10.9. The molecule has 78 valence electrons. The van der Waals surface area contributed by atoms with Crippen LogP contribution in [0.1, 0.15) is 13.8 Å². The summed E-state index contributed by atoms with van der Waals surface area (Å²) in [7, 11) is 0. The van der Waals surface area contributed by atoms with Gasteiger partial charge in [0.2, 0.25) is 11.8 Å². The summed E-state index contributed by atoms with van der Waals surface area (Å²) < 4.78 is 0. The van der Waals surface area contributed by atoms with Crippen LogP contribution < -0.4 is 10.6 Å². The molecule has 0 radical (unpaired) electrons. The predicted molar refractivity (Wildman–Crippen MR) is 55.6 cm³/mol. The van der Waals surface area contributed by atoms with E-state index in [1.165, 1.54) is 12.2 Å². The van der Waals surface area contributed by atoms with Crippen molar-refractivity contribution in [3.63, 3.8) is 0 Å². The Bertz CT molecular complexity index is 219. The first-order valence-electron chi connectivity index (χ1n) is 4.51. The van der Waals surface area contributed by atoms with E-state index in [0.717, 1.165) is 0 Å². The third-order valence-electron chi connectivity index (χ3n) is 1.36. The van der Waals surface area contributed by atoms with E-state index in [1.54, 1.807) is 26.0 Å². The van der Waals surface area contributed by atoms with Gasteiger partial charge in [-0.3, -0.25) is 9.59 Å². The van der Waals surface area contributed by atoms with Gasteiger partial charge in [0.25, 0.3) is 0 Å². The summed E-state index contributed by atoms with van der Waals surface area (Å²) >= 11 is 0. The number of carbonyl (C=O) groups is 2. The molecule has 0 fully saturated rings. The molecule has 0 aliphatic carbocycles. The smallest absolute Gasteiger partial charge is 0.243 e. The minimum atomic E-state index is -0.146. The summed E-state index contributed by atoms with van der Waals surface area (Å²) in [5, 5.41) is 5.23. The van der Waals surface area contributed by atoms with E-state index in [-0.39, 0.29) is 11.8 Å². The van der Waals surface area contributed by atoms with Crippen LogP contribution in [0.4, 0.5) is 0 Å². The van der Waals surface area contributed by atoms with E-state index in [0.29, 0.717) is 13.1 Å². The van der Waals surface area contributed by atoms with Gasteiger partial charge in [-0.05, 0) is 26.0 Å². The lowest BCUT2D eigenvalue weighted by Crippen LogP contribution is -2.33. The summed E-state index contributed by atoms with van der Waals surface area (Å²) in [5.74, 6) is -0.291. The number of carbonyl (C=O) groups excluding carboxylic acids is 2. The normalized spacial score (nSPS) is 10.7. The lowest BCUT2D eigenvalue weighted by Gasteiger charge is -2.02. The van der Waals surface area contributed by atoms with Crippen LogP contribution in [-0.2, 0) is 9.59 Å². The van der Waals surface area contributed by atoms with Gasteiger partial charge in [-0.1, -0.05) is 12.2 Å². The Morgan fingerprint density at radius 2 is 1.29 bits per heavy atom. The van der Waals surface area contributed by atoms with Crippen molar-refractivity contribution in [1.29, 1.82) is 0 Å². The van der Waals surface area contributed by atoms with Crippen LogP contribution in [0.3, 0.4) is 0 Å². The molecule has 0 bridgehead atoms. The molecule has 0 rings (SSSR count). The quantitative estimate of drug-likeness (QED) is 0.493. The standard InChI is InChI=1S/C10H16N2O2/c1-3-5-9(13)11-7-8-12-10(14)6-4-2/h3-6H,7-8H2,1-2H3,(H,11,13)(H,12,14). The number of amides is 2. The van der Waals surface area contributed by atoms with Gasteiger partial charge in [0.1, 0.15) is 0 Å². The molecule has 0 atom stereocenters. The molecule has 4 heteroatoms.